The minimum absolute atomic E-state index is 0.180. The summed E-state index contributed by atoms with van der Waals surface area (Å²) in [7, 11) is 0. The highest BCUT2D eigenvalue weighted by Gasteiger charge is 2.36. The van der Waals surface area contributed by atoms with Crippen molar-refractivity contribution in [1.82, 2.24) is 5.32 Å². The van der Waals surface area contributed by atoms with Crippen molar-refractivity contribution in [3.8, 4) is 11.5 Å². The monoisotopic (exact) mass is 339 g/mol. The Labute approximate surface area is 146 Å². The van der Waals surface area contributed by atoms with Crippen molar-refractivity contribution in [3.63, 3.8) is 0 Å². The summed E-state index contributed by atoms with van der Waals surface area (Å²) in [5.74, 6) is 4.23. The molecule has 1 aliphatic heterocycles. The molecular weight excluding hydrogens is 318 g/mol. The summed E-state index contributed by atoms with van der Waals surface area (Å²) in [5, 5.41) is 2.83. The van der Waals surface area contributed by atoms with Gasteiger partial charge in [0.25, 0.3) is 0 Å². The van der Waals surface area contributed by atoms with Crippen LogP contribution in [-0.2, 0) is 4.79 Å². The molecule has 1 fully saturated rings. The molecule has 5 heteroatoms. The molecule has 0 saturated heterocycles. The maximum atomic E-state index is 12.0. The number of hydrogen-bond acceptors (Lipinski definition) is 4. The van der Waals surface area contributed by atoms with Crippen LogP contribution >= 0.6 is 0 Å². The van der Waals surface area contributed by atoms with Gasteiger partial charge in [0.15, 0.2) is 11.5 Å². The molecule has 1 aromatic carbocycles. The lowest BCUT2D eigenvalue weighted by molar-refractivity contribution is -0.116. The molecule has 5 nitrogen and oxygen atoms in total. The minimum Gasteiger partial charge on any atom is -0.486 e. The first kappa shape index (κ1) is 15.8. The largest absolute Gasteiger partial charge is 0.486 e. The summed E-state index contributed by atoms with van der Waals surface area (Å²) in [6.45, 7) is 3.02. The fraction of sp³-hybridized carbons (Fsp3) is 0.350. The van der Waals surface area contributed by atoms with Crippen LogP contribution < -0.4 is 14.8 Å². The Bertz CT molecular complexity index is 794. The van der Waals surface area contributed by atoms with E-state index in [0.29, 0.717) is 36.5 Å². The van der Waals surface area contributed by atoms with Gasteiger partial charge in [0.2, 0.25) is 5.91 Å². The number of benzene rings is 1. The van der Waals surface area contributed by atoms with E-state index in [1.165, 1.54) is 12.5 Å². The molecule has 1 amide bonds. The summed E-state index contributed by atoms with van der Waals surface area (Å²) in [4.78, 5) is 12.0. The zero-order chi connectivity index (χ0) is 17.2. The predicted octanol–water partition coefficient (Wildman–Crippen LogP) is 3.37. The summed E-state index contributed by atoms with van der Waals surface area (Å²) in [5.41, 5.74) is 0. The first-order valence-corrected chi connectivity index (χ1v) is 8.63. The van der Waals surface area contributed by atoms with Crippen LogP contribution in [0.25, 0.3) is 6.08 Å². The Morgan fingerprint density at radius 1 is 1.24 bits per heavy atom. The lowest BCUT2D eigenvalue weighted by atomic mass is 10.2. The van der Waals surface area contributed by atoms with Gasteiger partial charge >= 0.3 is 0 Å². The Morgan fingerprint density at radius 2 is 2.04 bits per heavy atom. The van der Waals surface area contributed by atoms with Crippen LogP contribution in [0.1, 0.15) is 30.8 Å². The van der Waals surface area contributed by atoms with E-state index in [2.05, 4.69) is 12.2 Å². The highest BCUT2D eigenvalue weighted by Crippen LogP contribution is 2.47. The average Bonchev–Trinajstić information content (AvgIpc) is 3.18. The van der Waals surface area contributed by atoms with Crippen molar-refractivity contribution in [2.24, 2.45) is 5.92 Å². The molecule has 0 spiro atoms. The molecule has 0 bridgehead atoms. The molecule has 1 N–H and O–H groups in total. The molecule has 25 heavy (non-hydrogen) atoms. The third-order valence-corrected chi connectivity index (χ3v) is 4.59. The van der Waals surface area contributed by atoms with Gasteiger partial charge in [-0.15, -0.1) is 0 Å². The standard InChI is InChI=1S/C20H21NO4/c1-13-10-16(13)17-8-6-14(24-17)7-9-20(22)21-11-15-12-23-18-4-2-3-5-19(18)25-15/h2-9,13,15-16H,10-12H2,1H3,(H,21,22)/b9-7-/t13-,15-,16+/m1/s1. The molecule has 1 aliphatic carbocycles. The van der Waals surface area contributed by atoms with Crippen molar-refractivity contribution in [3.05, 3.63) is 54.0 Å². The van der Waals surface area contributed by atoms with Gasteiger partial charge < -0.3 is 19.2 Å². The predicted molar refractivity (Wildman–Crippen MR) is 93.6 cm³/mol. The van der Waals surface area contributed by atoms with E-state index in [4.69, 9.17) is 13.9 Å². The van der Waals surface area contributed by atoms with E-state index in [0.717, 1.165) is 11.5 Å². The number of ether oxygens (including phenoxy) is 2. The molecule has 3 atom stereocenters. The molecule has 1 saturated carbocycles. The highest BCUT2D eigenvalue weighted by atomic mass is 16.6. The minimum atomic E-state index is -0.196. The lowest BCUT2D eigenvalue weighted by Crippen LogP contribution is -2.40. The summed E-state index contributed by atoms with van der Waals surface area (Å²) < 4.78 is 17.2. The number of rotatable bonds is 5. The third kappa shape index (κ3) is 3.71. The van der Waals surface area contributed by atoms with E-state index in [9.17, 15) is 4.79 Å². The van der Waals surface area contributed by atoms with E-state index in [-0.39, 0.29) is 12.0 Å². The Balaban J connectivity index is 1.26. The normalized spacial score (nSPS) is 24.3. The average molecular weight is 339 g/mol. The SMILES string of the molecule is C[C@@H]1C[C@@H]1c1ccc(/C=C\C(=O)NC[C@@H]2COc3ccccc3O2)o1. The van der Waals surface area contributed by atoms with Crippen molar-refractivity contribution in [1.29, 1.82) is 0 Å². The second-order valence-electron chi connectivity index (χ2n) is 6.64. The maximum Gasteiger partial charge on any atom is 0.244 e. The van der Waals surface area contributed by atoms with Crippen molar-refractivity contribution >= 4 is 12.0 Å². The molecule has 2 heterocycles. The van der Waals surface area contributed by atoms with Crippen LogP contribution in [0.2, 0.25) is 0 Å². The number of furan rings is 1. The van der Waals surface area contributed by atoms with Gasteiger partial charge in [-0.2, -0.15) is 0 Å². The lowest BCUT2D eigenvalue weighted by Gasteiger charge is -2.26. The van der Waals surface area contributed by atoms with Gasteiger partial charge in [-0.1, -0.05) is 19.1 Å². The number of hydrogen-bond donors (Lipinski definition) is 1. The number of carbonyl (C=O) groups excluding carboxylic acids is 1. The van der Waals surface area contributed by atoms with Gasteiger partial charge in [-0.3, -0.25) is 4.79 Å². The van der Waals surface area contributed by atoms with E-state index in [1.807, 2.05) is 36.4 Å². The zero-order valence-electron chi connectivity index (χ0n) is 14.1. The fourth-order valence-electron chi connectivity index (χ4n) is 2.97. The molecule has 130 valence electrons. The van der Waals surface area contributed by atoms with Crippen LogP contribution in [0.15, 0.2) is 46.9 Å². The second kappa shape index (κ2) is 6.67. The summed E-state index contributed by atoms with van der Waals surface area (Å²) in [6.07, 6.45) is 4.17. The van der Waals surface area contributed by atoms with E-state index in [1.54, 1.807) is 6.08 Å². The van der Waals surface area contributed by atoms with Crippen molar-refractivity contribution in [2.45, 2.75) is 25.4 Å². The highest BCUT2D eigenvalue weighted by molar-refractivity contribution is 5.91. The van der Waals surface area contributed by atoms with Crippen LogP contribution in [0.5, 0.6) is 11.5 Å². The Hall–Kier alpha value is -2.69. The Morgan fingerprint density at radius 3 is 2.84 bits per heavy atom. The molecular formula is C20H21NO4. The van der Waals surface area contributed by atoms with Gasteiger partial charge in [0.05, 0.1) is 6.54 Å². The number of nitrogens with one attached hydrogen (secondary N) is 1. The van der Waals surface area contributed by atoms with Gasteiger partial charge in [-0.05, 0) is 42.7 Å². The first-order valence-electron chi connectivity index (χ1n) is 8.63. The van der Waals surface area contributed by atoms with Crippen molar-refractivity contribution < 1.29 is 18.7 Å². The van der Waals surface area contributed by atoms with E-state index >= 15 is 0 Å². The number of fused-ring (bicyclic) bond motifs is 1. The van der Waals surface area contributed by atoms with Crippen LogP contribution in [0, 0.1) is 5.92 Å². The molecule has 2 aromatic rings. The van der Waals surface area contributed by atoms with Gasteiger partial charge in [0, 0.05) is 12.0 Å². The molecule has 4 rings (SSSR count). The topological polar surface area (TPSA) is 60.7 Å². The summed E-state index contributed by atoms with van der Waals surface area (Å²) in [6, 6.07) is 11.4. The number of amides is 1. The Kier molecular flexibility index (Phi) is 4.22. The maximum absolute atomic E-state index is 12.0. The van der Waals surface area contributed by atoms with E-state index < -0.39 is 0 Å². The van der Waals surface area contributed by atoms with Crippen LogP contribution in [0.3, 0.4) is 0 Å². The van der Waals surface area contributed by atoms with Crippen molar-refractivity contribution in [2.75, 3.05) is 13.2 Å². The summed E-state index contributed by atoms with van der Waals surface area (Å²) >= 11 is 0. The van der Waals surface area contributed by atoms with Gasteiger partial charge in [0.1, 0.15) is 24.2 Å². The quantitative estimate of drug-likeness (QED) is 0.849. The fourth-order valence-corrected chi connectivity index (χ4v) is 2.97. The smallest absolute Gasteiger partial charge is 0.244 e. The molecule has 0 unspecified atom stereocenters. The second-order valence-corrected chi connectivity index (χ2v) is 6.64. The number of para-hydroxylation sites is 2. The molecule has 1 aromatic heterocycles. The van der Waals surface area contributed by atoms with Crippen LogP contribution in [-0.4, -0.2) is 25.2 Å². The van der Waals surface area contributed by atoms with Gasteiger partial charge in [-0.25, -0.2) is 0 Å². The van der Waals surface area contributed by atoms with Crippen LogP contribution in [0.4, 0.5) is 0 Å². The first-order chi connectivity index (χ1) is 12.2. The molecule has 0 radical (unpaired) electrons. The number of carbonyl (C=O) groups is 1. The molecule has 2 aliphatic rings. The third-order valence-electron chi connectivity index (χ3n) is 4.59. The zero-order valence-corrected chi connectivity index (χ0v) is 14.1.